The lowest BCUT2D eigenvalue weighted by Crippen LogP contribution is -2.25. The summed E-state index contributed by atoms with van der Waals surface area (Å²) in [7, 11) is 0. The molecular weight excluding hydrogens is 278 g/mol. The van der Waals surface area contributed by atoms with Crippen molar-refractivity contribution in [2.75, 3.05) is 0 Å². The van der Waals surface area contributed by atoms with Crippen molar-refractivity contribution in [3.8, 4) is 0 Å². The van der Waals surface area contributed by atoms with Crippen LogP contribution in [0.1, 0.15) is 96.8 Å². The van der Waals surface area contributed by atoms with E-state index in [1.807, 2.05) is 0 Å². The Bertz CT molecular complexity index is 292. The number of hydrogen-bond acceptors (Lipinski definition) is 2. The van der Waals surface area contributed by atoms with Gasteiger partial charge in [-0.1, -0.05) is 84.0 Å². The van der Waals surface area contributed by atoms with Crippen molar-refractivity contribution in [1.29, 1.82) is 0 Å². The monoisotopic (exact) mass is 313 g/mol. The average molecular weight is 313 g/mol. The van der Waals surface area contributed by atoms with Gasteiger partial charge in [-0.3, -0.25) is 9.59 Å². The molecule has 130 valence electrons. The smallest absolute Gasteiger partial charge is 0.304 e. The van der Waals surface area contributed by atoms with Gasteiger partial charge >= 0.3 is 5.97 Å². The molecule has 0 aromatic carbocycles. The van der Waals surface area contributed by atoms with E-state index in [-0.39, 0.29) is 6.42 Å². The summed E-state index contributed by atoms with van der Waals surface area (Å²) < 4.78 is 0. The van der Waals surface area contributed by atoms with Crippen LogP contribution >= 0.6 is 0 Å². The molecule has 0 heterocycles. The Kier molecular flexibility index (Phi) is 14.1. The Morgan fingerprint density at radius 2 is 1.23 bits per heavy atom. The highest BCUT2D eigenvalue weighted by Gasteiger charge is 2.18. The molecule has 0 aliphatic carbocycles. The van der Waals surface area contributed by atoms with E-state index < -0.39 is 17.8 Å². The van der Waals surface area contributed by atoms with Crippen LogP contribution in [0.25, 0.3) is 0 Å². The zero-order valence-electron chi connectivity index (χ0n) is 14.3. The number of rotatable bonds is 16. The molecule has 0 bridgehead atoms. The standard InChI is InChI=1S/C18H35NO3/c1-2-3-4-5-6-7-8-9-10-11-12-13-14-16(18(19)22)15-17(20)21/h16H,2-15H2,1H3,(H2,19,22)(H,20,21). The highest BCUT2D eigenvalue weighted by atomic mass is 16.4. The maximum absolute atomic E-state index is 11.1. The largest absolute Gasteiger partial charge is 0.481 e. The lowest BCUT2D eigenvalue weighted by molar-refractivity contribution is -0.140. The molecule has 0 aromatic rings. The first-order valence-corrected chi connectivity index (χ1v) is 9.09. The molecule has 1 unspecified atom stereocenters. The molecule has 1 amide bonds. The van der Waals surface area contributed by atoms with E-state index in [1.54, 1.807) is 0 Å². The van der Waals surface area contributed by atoms with Gasteiger partial charge in [0.15, 0.2) is 0 Å². The third kappa shape index (κ3) is 13.9. The Hall–Kier alpha value is -1.06. The van der Waals surface area contributed by atoms with Gasteiger partial charge in [-0.25, -0.2) is 0 Å². The molecule has 0 saturated heterocycles. The van der Waals surface area contributed by atoms with Crippen LogP contribution in [-0.4, -0.2) is 17.0 Å². The van der Waals surface area contributed by atoms with E-state index >= 15 is 0 Å². The second-order valence-corrected chi connectivity index (χ2v) is 6.37. The van der Waals surface area contributed by atoms with Gasteiger partial charge in [-0.15, -0.1) is 0 Å². The number of carbonyl (C=O) groups is 2. The summed E-state index contributed by atoms with van der Waals surface area (Å²) in [5.41, 5.74) is 5.22. The second-order valence-electron chi connectivity index (χ2n) is 6.37. The summed E-state index contributed by atoms with van der Waals surface area (Å²) in [4.78, 5) is 21.8. The fourth-order valence-electron chi connectivity index (χ4n) is 2.79. The molecule has 0 fully saturated rings. The van der Waals surface area contributed by atoms with Crippen LogP contribution < -0.4 is 5.73 Å². The van der Waals surface area contributed by atoms with Crippen molar-refractivity contribution in [2.24, 2.45) is 11.7 Å². The highest BCUT2D eigenvalue weighted by Crippen LogP contribution is 2.16. The van der Waals surface area contributed by atoms with Gasteiger partial charge in [-0.05, 0) is 6.42 Å². The Labute approximate surface area is 135 Å². The summed E-state index contributed by atoms with van der Waals surface area (Å²) in [6.45, 7) is 2.24. The zero-order chi connectivity index (χ0) is 16.6. The van der Waals surface area contributed by atoms with E-state index in [0.717, 1.165) is 12.8 Å². The maximum atomic E-state index is 11.1. The topological polar surface area (TPSA) is 80.4 Å². The number of carboxylic acids is 1. The van der Waals surface area contributed by atoms with Gasteiger partial charge in [0.1, 0.15) is 0 Å². The summed E-state index contributed by atoms with van der Waals surface area (Å²) in [5, 5.41) is 8.72. The number of unbranched alkanes of at least 4 members (excludes halogenated alkanes) is 11. The Balaban J connectivity index is 3.35. The summed E-state index contributed by atoms with van der Waals surface area (Å²) in [6.07, 6.45) is 15.7. The first-order chi connectivity index (χ1) is 10.6. The van der Waals surface area contributed by atoms with Gasteiger partial charge in [0.05, 0.1) is 6.42 Å². The molecule has 0 radical (unpaired) electrons. The van der Waals surface area contributed by atoms with E-state index in [0.29, 0.717) is 6.42 Å². The fraction of sp³-hybridized carbons (Fsp3) is 0.889. The van der Waals surface area contributed by atoms with E-state index in [4.69, 9.17) is 10.8 Å². The van der Waals surface area contributed by atoms with Crippen molar-refractivity contribution in [3.63, 3.8) is 0 Å². The molecule has 0 aromatic heterocycles. The molecule has 1 atom stereocenters. The van der Waals surface area contributed by atoms with Crippen molar-refractivity contribution in [3.05, 3.63) is 0 Å². The minimum atomic E-state index is -0.942. The van der Waals surface area contributed by atoms with Crippen LogP contribution in [0.15, 0.2) is 0 Å². The predicted molar refractivity (Wildman–Crippen MR) is 90.6 cm³/mol. The minimum absolute atomic E-state index is 0.132. The van der Waals surface area contributed by atoms with Gasteiger partial charge < -0.3 is 10.8 Å². The van der Waals surface area contributed by atoms with Crippen LogP contribution in [0.2, 0.25) is 0 Å². The minimum Gasteiger partial charge on any atom is -0.481 e. The van der Waals surface area contributed by atoms with E-state index in [2.05, 4.69) is 6.92 Å². The molecule has 0 saturated carbocycles. The van der Waals surface area contributed by atoms with Gasteiger partial charge in [-0.2, -0.15) is 0 Å². The van der Waals surface area contributed by atoms with Crippen LogP contribution in [0, 0.1) is 5.92 Å². The first-order valence-electron chi connectivity index (χ1n) is 9.09. The number of aliphatic carboxylic acids is 1. The lowest BCUT2D eigenvalue weighted by Gasteiger charge is -2.10. The molecule has 22 heavy (non-hydrogen) atoms. The first kappa shape index (κ1) is 20.9. The third-order valence-electron chi connectivity index (χ3n) is 4.23. The van der Waals surface area contributed by atoms with Crippen molar-refractivity contribution in [2.45, 2.75) is 96.8 Å². The van der Waals surface area contributed by atoms with Crippen LogP contribution in [0.5, 0.6) is 0 Å². The molecule has 4 nitrogen and oxygen atoms in total. The lowest BCUT2D eigenvalue weighted by atomic mass is 9.96. The average Bonchev–Trinajstić information content (AvgIpc) is 2.46. The van der Waals surface area contributed by atoms with Crippen molar-refractivity contribution >= 4 is 11.9 Å². The molecule has 0 aliphatic heterocycles. The normalized spacial score (nSPS) is 12.2. The number of primary amides is 1. The number of carboxylic acid groups (broad SMARTS) is 1. The molecule has 0 rings (SSSR count). The highest BCUT2D eigenvalue weighted by molar-refractivity contribution is 5.81. The Morgan fingerprint density at radius 3 is 1.59 bits per heavy atom. The summed E-state index contributed by atoms with van der Waals surface area (Å²) in [6, 6.07) is 0. The fourth-order valence-corrected chi connectivity index (χ4v) is 2.79. The Morgan fingerprint density at radius 1 is 0.818 bits per heavy atom. The van der Waals surface area contributed by atoms with Crippen molar-refractivity contribution < 1.29 is 14.7 Å². The molecule has 4 heteroatoms. The maximum Gasteiger partial charge on any atom is 0.304 e. The van der Waals surface area contributed by atoms with E-state index in [1.165, 1.54) is 64.2 Å². The number of carbonyl (C=O) groups excluding carboxylic acids is 1. The van der Waals surface area contributed by atoms with Crippen LogP contribution in [0.4, 0.5) is 0 Å². The van der Waals surface area contributed by atoms with Crippen LogP contribution in [-0.2, 0) is 9.59 Å². The van der Waals surface area contributed by atoms with E-state index in [9.17, 15) is 9.59 Å². The second kappa shape index (κ2) is 14.9. The molecule has 0 aliphatic rings. The SMILES string of the molecule is CCCCCCCCCCCCCCC(CC(=O)O)C(N)=O. The summed E-state index contributed by atoms with van der Waals surface area (Å²) >= 11 is 0. The molecular formula is C18H35NO3. The number of amides is 1. The number of hydrogen-bond donors (Lipinski definition) is 2. The van der Waals surface area contributed by atoms with Gasteiger partial charge in [0.2, 0.25) is 5.91 Å². The third-order valence-corrected chi connectivity index (χ3v) is 4.23. The molecule has 3 N–H and O–H groups in total. The predicted octanol–water partition coefficient (Wildman–Crippen LogP) is 4.65. The van der Waals surface area contributed by atoms with Crippen molar-refractivity contribution in [1.82, 2.24) is 0 Å². The quantitative estimate of drug-likeness (QED) is 0.407. The van der Waals surface area contributed by atoms with Gasteiger partial charge in [0.25, 0.3) is 0 Å². The molecule has 0 spiro atoms. The zero-order valence-corrected chi connectivity index (χ0v) is 14.3. The number of nitrogens with two attached hydrogens (primary N) is 1. The van der Waals surface area contributed by atoms with Gasteiger partial charge in [0, 0.05) is 5.92 Å². The summed E-state index contributed by atoms with van der Waals surface area (Å²) in [5.74, 6) is -1.92. The van der Waals surface area contributed by atoms with Crippen LogP contribution in [0.3, 0.4) is 0 Å².